The van der Waals surface area contributed by atoms with Gasteiger partial charge in [0.05, 0.1) is 0 Å². The van der Waals surface area contributed by atoms with Crippen LogP contribution in [0.15, 0.2) is 78.9 Å². The summed E-state index contributed by atoms with van der Waals surface area (Å²) in [5.41, 5.74) is 4.49. The maximum atomic E-state index is 11.9. The second-order valence-electron chi connectivity index (χ2n) is 9.48. The van der Waals surface area contributed by atoms with Crippen LogP contribution < -0.4 is 15.4 Å². The highest BCUT2D eigenvalue weighted by molar-refractivity contribution is 5.89. The van der Waals surface area contributed by atoms with E-state index in [2.05, 4.69) is 69.0 Å². The summed E-state index contributed by atoms with van der Waals surface area (Å²) in [5.74, 6) is 0.901. The molecular formula is C30H38N4O3. The molecule has 0 spiro atoms. The average molecular weight is 503 g/mol. The van der Waals surface area contributed by atoms with Crippen molar-refractivity contribution in [3.63, 3.8) is 0 Å². The Bertz CT molecular complexity index is 1070. The number of carbonyl (C=O) groups is 1. The Morgan fingerprint density at radius 2 is 1.41 bits per heavy atom. The van der Waals surface area contributed by atoms with Crippen molar-refractivity contribution in [2.75, 3.05) is 44.6 Å². The number of nitrogens with one attached hydrogen (secondary N) is 2. The van der Waals surface area contributed by atoms with Crippen LogP contribution in [0.5, 0.6) is 5.75 Å². The lowest BCUT2D eigenvalue weighted by Crippen LogP contribution is -2.30. The molecule has 1 aliphatic rings. The SMILES string of the molecule is O=C(NCCCO)Nc1ccc(CN2CCCN(Cc3ccc(OCc4ccccc4)cc3)CC2)cc1. The molecule has 7 nitrogen and oxygen atoms in total. The number of carbonyl (C=O) groups excluding carboxylic acids is 1. The Kier molecular flexibility index (Phi) is 10.4. The van der Waals surface area contributed by atoms with E-state index in [1.807, 2.05) is 30.3 Å². The van der Waals surface area contributed by atoms with Gasteiger partial charge >= 0.3 is 6.03 Å². The van der Waals surface area contributed by atoms with Gasteiger partial charge in [0.2, 0.25) is 0 Å². The monoisotopic (exact) mass is 502 g/mol. The van der Waals surface area contributed by atoms with Crippen molar-refractivity contribution in [3.8, 4) is 5.75 Å². The third kappa shape index (κ3) is 9.21. The summed E-state index contributed by atoms with van der Waals surface area (Å²) in [7, 11) is 0. The van der Waals surface area contributed by atoms with E-state index in [1.54, 1.807) is 0 Å². The van der Waals surface area contributed by atoms with E-state index in [4.69, 9.17) is 9.84 Å². The van der Waals surface area contributed by atoms with Gasteiger partial charge in [0.1, 0.15) is 12.4 Å². The first-order chi connectivity index (χ1) is 18.2. The van der Waals surface area contributed by atoms with Crippen LogP contribution in [0.25, 0.3) is 0 Å². The molecule has 1 saturated heterocycles. The molecule has 0 aliphatic carbocycles. The summed E-state index contributed by atoms with van der Waals surface area (Å²) >= 11 is 0. The molecule has 3 N–H and O–H groups in total. The number of hydrogen-bond acceptors (Lipinski definition) is 5. The lowest BCUT2D eigenvalue weighted by Gasteiger charge is -2.22. The lowest BCUT2D eigenvalue weighted by molar-refractivity contribution is 0.247. The van der Waals surface area contributed by atoms with Crippen LogP contribution in [0.4, 0.5) is 10.5 Å². The Morgan fingerprint density at radius 1 is 0.784 bits per heavy atom. The van der Waals surface area contributed by atoms with E-state index >= 15 is 0 Å². The fourth-order valence-electron chi connectivity index (χ4n) is 4.44. The predicted molar refractivity (Wildman–Crippen MR) is 148 cm³/mol. The average Bonchev–Trinajstić information content (AvgIpc) is 3.15. The van der Waals surface area contributed by atoms with Gasteiger partial charge in [-0.05, 0) is 66.9 Å². The number of nitrogens with zero attached hydrogens (tertiary/aromatic N) is 2. The number of amides is 2. The Morgan fingerprint density at radius 3 is 2.03 bits per heavy atom. The van der Waals surface area contributed by atoms with Crippen molar-refractivity contribution in [3.05, 3.63) is 95.6 Å². The minimum absolute atomic E-state index is 0.0708. The minimum Gasteiger partial charge on any atom is -0.489 e. The second-order valence-corrected chi connectivity index (χ2v) is 9.48. The van der Waals surface area contributed by atoms with Crippen LogP contribution >= 0.6 is 0 Å². The molecule has 37 heavy (non-hydrogen) atoms. The maximum Gasteiger partial charge on any atom is 0.319 e. The summed E-state index contributed by atoms with van der Waals surface area (Å²) < 4.78 is 5.92. The third-order valence-corrected chi connectivity index (χ3v) is 6.50. The summed E-state index contributed by atoms with van der Waals surface area (Å²) in [6, 6.07) is 26.5. The normalized spacial score (nSPS) is 14.6. The van der Waals surface area contributed by atoms with Crippen molar-refractivity contribution >= 4 is 11.7 Å². The first-order valence-electron chi connectivity index (χ1n) is 13.1. The molecule has 0 saturated carbocycles. The number of aliphatic hydroxyl groups excluding tert-OH is 1. The second kappa shape index (κ2) is 14.4. The highest BCUT2D eigenvalue weighted by atomic mass is 16.5. The molecule has 7 heteroatoms. The number of rotatable bonds is 11. The first-order valence-corrected chi connectivity index (χ1v) is 13.1. The van der Waals surface area contributed by atoms with Crippen LogP contribution in [0.3, 0.4) is 0 Å². The molecule has 1 fully saturated rings. The number of urea groups is 1. The van der Waals surface area contributed by atoms with Crippen LogP contribution in [-0.4, -0.2) is 60.3 Å². The molecule has 1 aliphatic heterocycles. The van der Waals surface area contributed by atoms with Gasteiger partial charge in [0, 0.05) is 45.0 Å². The molecule has 0 unspecified atom stereocenters. The van der Waals surface area contributed by atoms with Gasteiger partial charge in [-0.15, -0.1) is 0 Å². The maximum absolute atomic E-state index is 11.9. The highest BCUT2D eigenvalue weighted by Crippen LogP contribution is 2.17. The molecule has 3 aromatic carbocycles. The van der Waals surface area contributed by atoms with Gasteiger partial charge in [-0.2, -0.15) is 0 Å². The molecular weight excluding hydrogens is 464 g/mol. The first kappa shape index (κ1) is 26.7. The third-order valence-electron chi connectivity index (χ3n) is 6.50. The molecule has 0 aromatic heterocycles. The number of ether oxygens (including phenoxy) is 1. The fraction of sp³-hybridized carbons (Fsp3) is 0.367. The number of hydrogen-bond donors (Lipinski definition) is 3. The molecule has 0 atom stereocenters. The van der Waals surface area contributed by atoms with Crippen molar-refractivity contribution < 1.29 is 14.6 Å². The van der Waals surface area contributed by atoms with Crippen molar-refractivity contribution in [2.45, 2.75) is 32.5 Å². The van der Waals surface area contributed by atoms with E-state index < -0.39 is 0 Å². The largest absolute Gasteiger partial charge is 0.489 e. The van der Waals surface area contributed by atoms with E-state index in [-0.39, 0.29) is 12.6 Å². The Labute approximate surface area is 220 Å². The topological polar surface area (TPSA) is 77.1 Å². The molecule has 196 valence electrons. The van der Waals surface area contributed by atoms with Crippen LogP contribution in [0, 0.1) is 0 Å². The fourth-order valence-corrected chi connectivity index (χ4v) is 4.44. The molecule has 3 aromatic rings. The Hall–Kier alpha value is -3.39. The van der Waals surface area contributed by atoms with Crippen LogP contribution in [0.1, 0.15) is 29.5 Å². The van der Waals surface area contributed by atoms with Gasteiger partial charge in [0.25, 0.3) is 0 Å². The summed E-state index contributed by atoms with van der Waals surface area (Å²) in [4.78, 5) is 16.9. The van der Waals surface area contributed by atoms with E-state index in [0.717, 1.165) is 57.1 Å². The number of aliphatic hydroxyl groups is 1. The summed E-state index contributed by atoms with van der Waals surface area (Å²) in [5, 5.41) is 14.4. The van der Waals surface area contributed by atoms with E-state index in [1.165, 1.54) is 16.7 Å². The van der Waals surface area contributed by atoms with Gasteiger partial charge in [-0.3, -0.25) is 9.80 Å². The van der Waals surface area contributed by atoms with Gasteiger partial charge < -0.3 is 20.5 Å². The van der Waals surface area contributed by atoms with Gasteiger partial charge in [-0.1, -0.05) is 54.6 Å². The zero-order valence-corrected chi connectivity index (χ0v) is 21.4. The zero-order chi connectivity index (χ0) is 25.7. The zero-order valence-electron chi connectivity index (χ0n) is 21.4. The van der Waals surface area contributed by atoms with E-state index in [9.17, 15) is 4.79 Å². The number of benzene rings is 3. The lowest BCUT2D eigenvalue weighted by atomic mass is 10.2. The van der Waals surface area contributed by atoms with Gasteiger partial charge in [0.15, 0.2) is 0 Å². The number of anilines is 1. The quantitative estimate of drug-likeness (QED) is 0.337. The molecule has 2 amide bonds. The van der Waals surface area contributed by atoms with Crippen molar-refractivity contribution in [1.29, 1.82) is 0 Å². The summed E-state index contributed by atoms with van der Waals surface area (Å²) in [6.07, 6.45) is 1.70. The highest BCUT2D eigenvalue weighted by Gasteiger charge is 2.15. The van der Waals surface area contributed by atoms with E-state index in [0.29, 0.717) is 19.6 Å². The van der Waals surface area contributed by atoms with Crippen LogP contribution in [-0.2, 0) is 19.7 Å². The molecule has 4 rings (SSSR count). The predicted octanol–water partition coefficient (Wildman–Crippen LogP) is 4.48. The molecule has 1 heterocycles. The van der Waals surface area contributed by atoms with Crippen LogP contribution in [0.2, 0.25) is 0 Å². The summed E-state index contributed by atoms with van der Waals surface area (Å²) in [6.45, 7) is 7.22. The standard InChI is InChI=1S/C30H38N4O3/c35-21-4-16-31-30(36)32-28-12-8-25(9-13-28)22-33-17-5-18-34(20-19-33)23-26-10-14-29(15-11-26)37-24-27-6-2-1-3-7-27/h1-3,6-15,35H,4-5,16-24H2,(H2,31,32,36). The van der Waals surface area contributed by atoms with Gasteiger partial charge in [-0.25, -0.2) is 4.79 Å². The smallest absolute Gasteiger partial charge is 0.319 e. The van der Waals surface area contributed by atoms with Crippen molar-refractivity contribution in [2.24, 2.45) is 0 Å². The minimum atomic E-state index is -0.247. The van der Waals surface area contributed by atoms with Crippen molar-refractivity contribution in [1.82, 2.24) is 15.1 Å². The molecule has 0 radical (unpaired) electrons. The molecule has 0 bridgehead atoms. The Balaban J connectivity index is 1.19.